The van der Waals surface area contributed by atoms with E-state index in [1.165, 1.54) is 20.3 Å². The second-order valence-corrected chi connectivity index (χ2v) is 5.88. The zero-order chi connectivity index (χ0) is 18.1. The molecule has 0 aliphatic carbocycles. The number of nitrogen functional groups attached to an aromatic ring is 1. The first-order valence-corrected chi connectivity index (χ1v) is 7.44. The van der Waals surface area contributed by atoms with Gasteiger partial charge in [0.2, 0.25) is 0 Å². The molecule has 0 saturated heterocycles. The van der Waals surface area contributed by atoms with E-state index in [1.54, 1.807) is 27.0 Å². The minimum atomic E-state index is -0.796. The molecular weight excluding hydrogens is 337 g/mol. The molecule has 0 radical (unpaired) electrons. The summed E-state index contributed by atoms with van der Waals surface area (Å²) in [4.78, 5) is 8.66. The smallest absolute Gasteiger partial charge is 0.185 e. The van der Waals surface area contributed by atoms with E-state index in [0.29, 0.717) is 17.0 Å². The maximum Gasteiger partial charge on any atom is 0.185 e. The summed E-state index contributed by atoms with van der Waals surface area (Å²) >= 11 is 5.80. The van der Waals surface area contributed by atoms with Gasteiger partial charge in [0.05, 0.1) is 24.8 Å². The van der Waals surface area contributed by atoms with Crippen LogP contribution in [0.2, 0.25) is 5.02 Å². The number of ether oxygens (including phenoxy) is 3. The van der Waals surface area contributed by atoms with Crippen LogP contribution in [0.3, 0.4) is 0 Å². The van der Waals surface area contributed by atoms with E-state index in [2.05, 4.69) is 9.97 Å². The quantitative estimate of drug-likeness (QED) is 0.885. The third kappa shape index (κ3) is 3.09. The van der Waals surface area contributed by atoms with E-state index < -0.39 is 11.4 Å². The van der Waals surface area contributed by atoms with Crippen molar-refractivity contribution in [2.45, 2.75) is 19.4 Å². The monoisotopic (exact) mass is 355 g/mol. The van der Waals surface area contributed by atoms with Crippen LogP contribution in [0.1, 0.15) is 19.5 Å². The molecule has 2 rings (SSSR count). The van der Waals surface area contributed by atoms with Gasteiger partial charge in [-0.25, -0.2) is 14.4 Å². The molecular formula is C16H19ClFN3O3. The number of hydrogen-bond acceptors (Lipinski definition) is 6. The molecule has 0 aliphatic rings. The van der Waals surface area contributed by atoms with E-state index in [1.807, 2.05) is 0 Å². The second-order valence-electron chi connectivity index (χ2n) is 5.47. The molecule has 0 aliphatic heterocycles. The average Bonchev–Trinajstić information content (AvgIpc) is 2.56. The number of nitrogens with two attached hydrogens (primary N) is 1. The lowest BCUT2D eigenvalue weighted by Gasteiger charge is -2.25. The van der Waals surface area contributed by atoms with E-state index in [9.17, 15) is 4.39 Å². The van der Waals surface area contributed by atoms with E-state index in [4.69, 9.17) is 31.5 Å². The Morgan fingerprint density at radius 1 is 1.08 bits per heavy atom. The largest absolute Gasteiger partial charge is 0.493 e. The van der Waals surface area contributed by atoms with Crippen LogP contribution in [-0.2, 0) is 10.3 Å². The van der Waals surface area contributed by atoms with Gasteiger partial charge >= 0.3 is 0 Å². The van der Waals surface area contributed by atoms with Gasteiger partial charge in [0.15, 0.2) is 29.0 Å². The maximum absolute atomic E-state index is 14.2. The fourth-order valence-corrected chi connectivity index (χ4v) is 2.35. The van der Waals surface area contributed by atoms with Crippen LogP contribution in [0.5, 0.6) is 11.5 Å². The van der Waals surface area contributed by atoms with Crippen LogP contribution in [0.15, 0.2) is 12.1 Å². The van der Waals surface area contributed by atoms with Gasteiger partial charge in [-0.05, 0) is 26.0 Å². The summed E-state index contributed by atoms with van der Waals surface area (Å²) in [5.74, 6) is -0.157. The molecule has 0 amide bonds. The summed E-state index contributed by atoms with van der Waals surface area (Å²) in [6, 6.07) is 2.97. The van der Waals surface area contributed by atoms with Gasteiger partial charge < -0.3 is 19.9 Å². The highest BCUT2D eigenvalue weighted by Gasteiger charge is 2.30. The summed E-state index contributed by atoms with van der Waals surface area (Å²) in [6.07, 6.45) is 0. The van der Waals surface area contributed by atoms with Gasteiger partial charge in [-0.15, -0.1) is 0 Å². The lowest BCUT2D eigenvalue weighted by atomic mass is 10.0. The van der Waals surface area contributed by atoms with Crippen LogP contribution < -0.4 is 15.2 Å². The topological polar surface area (TPSA) is 79.5 Å². The number of anilines is 1. The Kier molecular flexibility index (Phi) is 5.15. The molecule has 0 bridgehead atoms. The Morgan fingerprint density at radius 3 is 2.25 bits per heavy atom. The lowest BCUT2D eigenvalue weighted by Crippen LogP contribution is -2.23. The lowest BCUT2D eigenvalue weighted by molar-refractivity contribution is 0.0135. The minimum Gasteiger partial charge on any atom is -0.493 e. The number of benzene rings is 1. The molecule has 0 fully saturated rings. The summed E-state index contributed by atoms with van der Waals surface area (Å²) in [6.45, 7) is 3.61. The molecule has 1 aromatic heterocycles. The number of methoxy groups -OCH3 is 3. The summed E-state index contributed by atoms with van der Waals surface area (Å²) in [5, 5.41) is -0.0606. The number of aromatic nitrogens is 2. The summed E-state index contributed by atoms with van der Waals surface area (Å²) in [7, 11) is 4.34. The van der Waals surface area contributed by atoms with Crippen molar-refractivity contribution in [2.24, 2.45) is 0 Å². The van der Waals surface area contributed by atoms with Gasteiger partial charge in [0, 0.05) is 7.11 Å². The normalized spacial score (nSPS) is 11.5. The van der Waals surface area contributed by atoms with Crippen molar-refractivity contribution in [1.29, 1.82) is 0 Å². The number of nitrogens with zero attached hydrogens (tertiary/aromatic N) is 2. The van der Waals surface area contributed by atoms with Gasteiger partial charge in [0.1, 0.15) is 11.3 Å². The Morgan fingerprint density at radius 2 is 1.71 bits per heavy atom. The predicted octanol–water partition coefficient (Wildman–Crippen LogP) is 3.42. The van der Waals surface area contributed by atoms with Crippen molar-refractivity contribution in [3.05, 3.63) is 28.7 Å². The Bertz CT molecular complexity index is 769. The molecule has 2 N–H and O–H groups in total. The Hall–Kier alpha value is -2.12. The van der Waals surface area contributed by atoms with Crippen LogP contribution >= 0.6 is 11.6 Å². The molecule has 1 aromatic carbocycles. The summed E-state index contributed by atoms with van der Waals surface area (Å²) in [5.41, 5.74) is 5.95. The highest BCUT2D eigenvalue weighted by atomic mass is 35.5. The number of rotatable bonds is 5. The first-order valence-electron chi connectivity index (χ1n) is 7.06. The third-order valence-corrected chi connectivity index (χ3v) is 3.96. The van der Waals surface area contributed by atoms with Crippen molar-refractivity contribution in [1.82, 2.24) is 9.97 Å². The molecule has 6 nitrogen and oxygen atoms in total. The zero-order valence-corrected chi connectivity index (χ0v) is 14.9. The highest BCUT2D eigenvalue weighted by Crippen LogP contribution is 2.39. The molecule has 2 aromatic rings. The minimum absolute atomic E-state index is 0.0606. The molecule has 24 heavy (non-hydrogen) atoms. The molecule has 8 heteroatoms. The number of halogens is 2. The van der Waals surface area contributed by atoms with Crippen molar-refractivity contribution < 1.29 is 18.6 Å². The first-order chi connectivity index (χ1) is 11.3. The van der Waals surface area contributed by atoms with Crippen LogP contribution in [0.25, 0.3) is 11.4 Å². The Balaban J connectivity index is 2.76. The number of hydrogen-bond donors (Lipinski definition) is 1. The molecule has 0 spiro atoms. The Labute approximate surface area is 144 Å². The second kappa shape index (κ2) is 6.78. The fraction of sp³-hybridized carbons (Fsp3) is 0.375. The van der Waals surface area contributed by atoms with Crippen LogP contribution in [-0.4, -0.2) is 31.3 Å². The van der Waals surface area contributed by atoms with Crippen molar-refractivity contribution in [3.8, 4) is 22.9 Å². The van der Waals surface area contributed by atoms with Gasteiger partial charge in [0.25, 0.3) is 0 Å². The molecule has 0 atom stereocenters. The molecule has 130 valence electrons. The van der Waals surface area contributed by atoms with Crippen molar-refractivity contribution in [2.75, 3.05) is 27.1 Å². The summed E-state index contributed by atoms with van der Waals surface area (Å²) < 4.78 is 30.1. The van der Waals surface area contributed by atoms with Crippen LogP contribution in [0, 0.1) is 5.82 Å². The fourth-order valence-electron chi connectivity index (χ4n) is 2.20. The predicted molar refractivity (Wildman–Crippen MR) is 90.0 cm³/mol. The van der Waals surface area contributed by atoms with Crippen molar-refractivity contribution >= 4 is 17.4 Å². The van der Waals surface area contributed by atoms with E-state index >= 15 is 0 Å². The van der Waals surface area contributed by atoms with Crippen LogP contribution in [0.4, 0.5) is 10.2 Å². The van der Waals surface area contributed by atoms with Gasteiger partial charge in [-0.2, -0.15) is 0 Å². The highest BCUT2D eigenvalue weighted by molar-refractivity contribution is 6.31. The van der Waals surface area contributed by atoms with Gasteiger partial charge in [-0.3, -0.25) is 0 Å². The standard InChI is InChI=1S/C16H19ClFN3O3/c1-16(2,24-5)13-12(23-4)14(19)21-15(20-13)8-6-7-9(17)10(18)11(8)22-3/h6-7H,1-5H3,(H2,19,20,21). The molecule has 0 saturated carbocycles. The van der Waals surface area contributed by atoms with E-state index in [0.717, 1.165) is 0 Å². The maximum atomic E-state index is 14.2. The third-order valence-electron chi connectivity index (χ3n) is 3.67. The zero-order valence-electron chi connectivity index (χ0n) is 14.1. The molecule has 1 heterocycles. The molecule has 0 unspecified atom stereocenters. The first kappa shape index (κ1) is 18.2. The average molecular weight is 356 g/mol. The van der Waals surface area contributed by atoms with Crippen molar-refractivity contribution in [3.63, 3.8) is 0 Å². The SMILES string of the molecule is COc1c(N)nc(-c2ccc(Cl)c(F)c2OC)nc1C(C)(C)OC. The van der Waals surface area contributed by atoms with Gasteiger partial charge in [-0.1, -0.05) is 11.6 Å². The van der Waals surface area contributed by atoms with E-state index in [-0.39, 0.29) is 22.4 Å².